The Labute approximate surface area is 219 Å². The van der Waals surface area contributed by atoms with Crippen molar-refractivity contribution in [1.29, 1.82) is 0 Å². The summed E-state index contributed by atoms with van der Waals surface area (Å²) in [5.74, 6) is 5.27. The van der Waals surface area contributed by atoms with Gasteiger partial charge >= 0.3 is 0 Å². The Morgan fingerprint density at radius 3 is 1.78 bits per heavy atom. The second-order valence-electron chi connectivity index (χ2n) is 12.6. The number of halogens is 2. The molecule has 0 N–H and O–H groups in total. The zero-order valence-electron chi connectivity index (χ0n) is 22.9. The molecule has 0 atom stereocenters. The highest BCUT2D eigenvalue weighted by atomic mass is 19.3. The molecule has 0 radical (unpaired) electrons. The highest BCUT2D eigenvalue weighted by molar-refractivity contribution is 4.89. The van der Waals surface area contributed by atoms with E-state index in [2.05, 4.69) is 19.1 Å². The first-order chi connectivity index (χ1) is 17.6. The van der Waals surface area contributed by atoms with Crippen molar-refractivity contribution >= 4 is 0 Å². The largest absolute Gasteiger partial charge is 0.352 e. The average Bonchev–Trinajstić information content (AvgIpc) is 2.92. The lowest BCUT2D eigenvalue weighted by atomic mass is 9.67. The standard InChI is InChI=1S/C32H52F2O2/c1-2-5-24-8-10-25(11-9-24)6-3-4-7-32-35-22-30(23-36-32)29-19-17-28(18-20-29)27-15-12-26(13-16-27)14-21-31(33)34/h2,5,21,24-30,32H,3-4,6-20,22-23H2,1H3/b5-2+. The molecule has 0 amide bonds. The average molecular weight is 507 g/mol. The molecule has 2 nitrogen and oxygen atoms in total. The van der Waals surface area contributed by atoms with Crippen molar-refractivity contribution in [3.63, 3.8) is 0 Å². The maximum absolute atomic E-state index is 12.4. The molecule has 4 heteroatoms. The van der Waals surface area contributed by atoms with Gasteiger partial charge in [0, 0.05) is 5.92 Å². The number of allylic oxidation sites excluding steroid dienone is 3. The maximum Gasteiger partial charge on any atom is 0.266 e. The SMILES string of the molecule is C/C=C/C1CCC(CCCCC2OCC(C3CCC(C4CCC(CC=C(F)F)CC4)CC3)CO2)CC1. The van der Waals surface area contributed by atoms with Gasteiger partial charge in [0.2, 0.25) is 0 Å². The first kappa shape index (κ1) is 28.3. The van der Waals surface area contributed by atoms with Gasteiger partial charge in [0.05, 0.1) is 13.2 Å². The van der Waals surface area contributed by atoms with Crippen LogP contribution in [0.3, 0.4) is 0 Å². The number of unbranched alkanes of at least 4 members (excludes halogenated alkanes) is 1. The molecule has 0 unspecified atom stereocenters. The molecule has 1 aliphatic heterocycles. The minimum Gasteiger partial charge on any atom is -0.352 e. The summed E-state index contributed by atoms with van der Waals surface area (Å²) in [6, 6.07) is 0. The van der Waals surface area contributed by atoms with Gasteiger partial charge in [-0.25, -0.2) is 0 Å². The summed E-state index contributed by atoms with van der Waals surface area (Å²) in [6.07, 6.45) is 25.5. The summed E-state index contributed by atoms with van der Waals surface area (Å²) in [5.41, 5.74) is 0. The van der Waals surface area contributed by atoms with Gasteiger partial charge in [0.1, 0.15) is 0 Å². The molecule has 0 aromatic rings. The Bertz CT molecular complexity index is 656. The van der Waals surface area contributed by atoms with Crippen LogP contribution in [0.2, 0.25) is 0 Å². The summed E-state index contributed by atoms with van der Waals surface area (Å²) >= 11 is 0. The zero-order valence-corrected chi connectivity index (χ0v) is 22.9. The molecule has 4 rings (SSSR count). The fourth-order valence-electron chi connectivity index (χ4n) is 7.92. The fraction of sp³-hybridized carbons (Fsp3) is 0.875. The summed E-state index contributed by atoms with van der Waals surface area (Å²) in [4.78, 5) is 0. The van der Waals surface area contributed by atoms with Gasteiger partial charge in [-0.2, -0.15) is 8.78 Å². The topological polar surface area (TPSA) is 18.5 Å². The first-order valence-corrected chi connectivity index (χ1v) is 15.5. The van der Waals surface area contributed by atoms with Gasteiger partial charge in [-0.05, 0) is 145 Å². The van der Waals surface area contributed by atoms with Crippen LogP contribution in [0.15, 0.2) is 24.3 Å². The van der Waals surface area contributed by atoms with Gasteiger partial charge in [-0.3, -0.25) is 0 Å². The summed E-state index contributed by atoms with van der Waals surface area (Å²) in [7, 11) is 0. The second-order valence-corrected chi connectivity index (χ2v) is 12.6. The van der Waals surface area contributed by atoms with Crippen LogP contribution in [0, 0.1) is 41.4 Å². The van der Waals surface area contributed by atoms with Crippen LogP contribution >= 0.6 is 0 Å². The van der Waals surface area contributed by atoms with Crippen LogP contribution in [0.4, 0.5) is 8.78 Å². The second kappa shape index (κ2) is 15.0. The molecule has 36 heavy (non-hydrogen) atoms. The Morgan fingerprint density at radius 1 is 0.667 bits per heavy atom. The molecular formula is C32H52F2O2. The van der Waals surface area contributed by atoms with Gasteiger partial charge < -0.3 is 9.47 Å². The summed E-state index contributed by atoms with van der Waals surface area (Å²) in [5, 5.41) is 0. The van der Waals surface area contributed by atoms with Crippen molar-refractivity contribution in [2.45, 2.75) is 122 Å². The monoisotopic (exact) mass is 506 g/mol. The van der Waals surface area contributed by atoms with E-state index in [1.165, 1.54) is 83.5 Å². The van der Waals surface area contributed by atoms with E-state index < -0.39 is 6.08 Å². The van der Waals surface area contributed by atoms with Crippen molar-refractivity contribution in [2.75, 3.05) is 13.2 Å². The van der Waals surface area contributed by atoms with E-state index in [9.17, 15) is 8.78 Å². The van der Waals surface area contributed by atoms with Crippen molar-refractivity contribution < 1.29 is 18.3 Å². The lowest BCUT2D eigenvalue weighted by Gasteiger charge is -2.41. The third kappa shape index (κ3) is 8.93. The molecule has 0 aromatic heterocycles. The van der Waals surface area contributed by atoms with Crippen LogP contribution < -0.4 is 0 Å². The zero-order chi connectivity index (χ0) is 25.2. The molecule has 0 aromatic carbocycles. The van der Waals surface area contributed by atoms with Crippen molar-refractivity contribution in [3.8, 4) is 0 Å². The number of hydrogen-bond acceptors (Lipinski definition) is 2. The molecule has 1 heterocycles. The van der Waals surface area contributed by atoms with Crippen LogP contribution in [0.1, 0.15) is 116 Å². The van der Waals surface area contributed by atoms with Crippen LogP contribution in [0.25, 0.3) is 0 Å². The van der Waals surface area contributed by atoms with E-state index in [-0.39, 0.29) is 6.29 Å². The highest BCUT2D eigenvalue weighted by Gasteiger charge is 2.35. The minimum absolute atomic E-state index is 0.0268. The molecule has 3 aliphatic carbocycles. The third-order valence-electron chi connectivity index (χ3n) is 10.3. The molecule has 4 aliphatic rings. The van der Waals surface area contributed by atoms with Gasteiger partial charge in [-0.1, -0.05) is 25.0 Å². The third-order valence-corrected chi connectivity index (χ3v) is 10.3. The van der Waals surface area contributed by atoms with E-state index in [0.717, 1.165) is 68.1 Å². The maximum atomic E-state index is 12.4. The Morgan fingerprint density at radius 2 is 1.19 bits per heavy atom. The summed E-state index contributed by atoms with van der Waals surface area (Å²) < 4.78 is 37.1. The molecule has 0 bridgehead atoms. The number of ether oxygens (including phenoxy) is 2. The lowest BCUT2D eigenvalue weighted by Crippen LogP contribution is -2.38. The van der Waals surface area contributed by atoms with Crippen LogP contribution in [-0.4, -0.2) is 19.5 Å². The number of hydrogen-bond donors (Lipinski definition) is 0. The van der Waals surface area contributed by atoms with E-state index in [1.54, 1.807) is 0 Å². The van der Waals surface area contributed by atoms with E-state index in [1.807, 2.05) is 0 Å². The van der Waals surface area contributed by atoms with Crippen molar-refractivity contribution in [1.82, 2.24) is 0 Å². The predicted molar refractivity (Wildman–Crippen MR) is 144 cm³/mol. The Hall–Kier alpha value is -0.740. The Kier molecular flexibility index (Phi) is 11.8. The van der Waals surface area contributed by atoms with E-state index >= 15 is 0 Å². The van der Waals surface area contributed by atoms with Gasteiger partial charge in [-0.15, -0.1) is 0 Å². The predicted octanol–water partition coefficient (Wildman–Crippen LogP) is 9.70. The highest BCUT2D eigenvalue weighted by Crippen LogP contribution is 2.44. The van der Waals surface area contributed by atoms with Crippen LogP contribution in [-0.2, 0) is 9.47 Å². The molecule has 3 saturated carbocycles. The number of rotatable bonds is 10. The molecule has 4 fully saturated rings. The molecular weight excluding hydrogens is 454 g/mol. The molecule has 1 saturated heterocycles. The smallest absolute Gasteiger partial charge is 0.266 e. The van der Waals surface area contributed by atoms with Crippen molar-refractivity contribution in [2.24, 2.45) is 41.4 Å². The molecule has 206 valence electrons. The normalized spacial score (nSPS) is 38.2. The minimum atomic E-state index is -1.51. The summed E-state index contributed by atoms with van der Waals surface area (Å²) in [6.45, 7) is 3.92. The lowest BCUT2D eigenvalue weighted by molar-refractivity contribution is -0.213. The molecule has 0 spiro atoms. The van der Waals surface area contributed by atoms with Crippen LogP contribution in [0.5, 0.6) is 0 Å². The first-order valence-electron chi connectivity index (χ1n) is 15.5. The van der Waals surface area contributed by atoms with E-state index in [4.69, 9.17) is 9.47 Å². The van der Waals surface area contributed by atoms with E-state index in [0.29, 0.717) is 18.3 Å². The fourth-order valence-corrected chi connectivity index (χ4v) is 7.92. The van der Waals surface area contributed by atoms with Gasteiger partial charge in [0.25, 0.3) is 6.08 Å². The van der Waals surface area contributed by atoms with Gasteiger partial charge in [0.15, 0.2) is 6.29 Å². The quantitative estimate of drug-likeness (QED) is 0.217. The Balaban J connectivity index is 1.04. The van der Waals surface area contributed by atoms with Crippen molar-refractivity contribution in [3.05, 3.63) is 24.3 Å².